The number of piperidine rings is 2. The van der Waals surface area contributed by atoms with Gasteiger partial charge in [-0.1, -0.05) is 6.07 Å². The van der Waals surface area contributed by atoms with E-state index in [1.165, 1.54) is 0 Å². The van der Waals surface area contributed by atoms with Gasteiger partial charge in [-0.05, 0) is 63.4 Å². The number of methoxy groups -OCH3 is 1. The Morgan fingerprint density at radius 1 is 1.09 bits per heavy atom. The number of carbonyl (C=O) groups is 2. The average molecular weight is 471 g/mol. The van der Waals surface area contributed by atoms with E-state index in [2.05, 4.69) is 9.80 Å². The molecule has 2 fully saturated rings. The number of hydrogen-bond acceptors (Lipinski definition) is 8. The maximum Gasteiger partial charge on any atom is 0.338 e. The van der Waals surface area contributed by atoms with Gasteiger partial charge in [0.15, 0.2) is 0 Å². The predicted octanol–water partition coefficient (Wildman–Crippen LogP) is 2.33. The molecule has 0 saturated carbocycles. The first-order chi connectivity index (χ1) is 16.3. The molecule has 1 aromatic carbocycles. The van der Waals surface area contributed by atoms with Crippen LogP contribution in [0.5, 0.6) is 0 Å². The van der Waals surface area contributed by atoms with E-state index in [-0.39, 0.29) is 23.5 Å². The summed E-state index contributed by atoms with van der Waals surface area (Å²) in [4.78, 5) is 28.2. The minimum Gasteiger partial charge on any atom is -0.457 e. The van der Waals surface area contributed by atoms with Crippen molar-refractivity contribution in [2.75, 3.05) is 46.4 Å². The minimum absolute atomic E-state index is 0.0980. The molecule has 2 atom stereocenters. The number of fused-ring (bicyclic) bond motifs is 1. The van der Waals surface area contributed by atoms with Crippen LogP contribution < -0.4 is 0 Å². The second kappa shape index (κ2) is 8.98. The Hall–Kier alpha value is -2.42. The number of β-amino-alcohol motifs (C(OH)–C–C–N with tert-alkyl or cyclic N) is 1. The SMILES string of the molecule is CO[C@@H]1CN(C2=C(C)C(=O)OC2)CCC12CCN(C[C@H](O)c1ccc3c(c1C)COC3=O)CC2. The van der Waals surface area contributed by atoms with E-state index in [0.29, 0.717) is 30.9 Å². The summed E-state index contributed by atoms with van der Waals surface area (Å²) in [6, 6.07) is 3.64. The first kappa shape index (κ1) is 23.3. The number of rotatable bonds is 5. The minimum atomic E-state index is -0.607. The smallest absolute Gasteiger partial charge is 0.338 e. The van der Waals surface area contributed by atoms with Crippen molar-refractivity contribution in [1.29, 1.82) is 0 Å². The van der Waals surface area contributed by atoms with Gasteiger partial charge in [-0.3, -0.25) is 0 Å². The second-order valence-electron chi connectivity index (χ2n) is 10.1. The number of carbonyl (C=O) groups excluding carboxylic acids is 2. The van der Waals surface area contributed by atoms with Crippen LogP contribution in [-0.4, -0.2) is 79.4 Å². The van der Waals surface area contributed by atoms with E-state index >= 15 is 0 Å². The highest BCUT2D eigenvalue weighted by atomic mass is 16.5. The van der Waals surface area contributed by atoms with E-state index in [0.717, 1.165) is 67.8 Å². The molecule has 1 aromatic rings. The Balaban J connectivity index is 1.21. The summed E-state index contributed by atoms with van der Waals surface area (Å²) in [6.07, 6.45) is 2.55. The fourth-order valence-corrected chi connectivity index (χ4v) is 6.19. The van der Waals surface area contributed by atoms with Gasteiger partial charge < -0.3 is 29.1 Å². The zero-order valence-electron chi connectivity index (χ0n) is 20.3. The molecule has 0 amide bonds. The predicted molar refractivity (Wildman–Crippen MR) is 124 cm³/mol. The third-order valence-electron chi connectivity index (χ3n) is 8.54. The second-order valence-corrected chi connectivity index (χ2v) is 10.1. The van der Waals surface area contributed by atoms with Crippen LogP contribution in [-0.2, 0) is 25.6 Å². The molecule has 8 nitrogen and oxygen atoms in total. The Morgan fingerprint density at radius 3 is 2.47 bits per heavy atom. The highest BCUT2D eigenvalue weighted by Crippen LogP contribution is 2.44. The van der Waals surface area contributed by atoms with E-state index < -0.39 is 6.10 Å². The van der Waals surface area contributed by atoms with Crippen LogP contribution in [0.15, 0.2) is 23.4 Å². The number of benzene rings is 1. The summed E-state index contributed by atoms with van der Waals surface area (Å²) in [5.41, 5.74) is 5.17. The number of cyclic esters (lactones) is 2. The molecular formula is C26H34N2O6. The Bertz CT molecular complexity index is 1030. The monoisotopic (exact) mass is 470 g/mol. The van der Waals surface area contributed by atoms with Crippen LogP contribution in [0.1, 0.15) is 59.3 Å². The summed E-state index contributed by atoms with van der Waals surface area (Å²) < 4.78 is 16.4. The molecule has 5 rings (SSSR count). The van der Waals surface area contributed by atoms with Gasteiger partial charge in [0.2, 0.25) is 0 Å². The van der Waals surface area contributed by atoms with Crippen molar-refractivity contribution in [3.63, 3.8) is 0 Å². The van der Waals surface area contributed by atoms with E-state index in [9.17, 15) is 14.7 Å². The van der Waals surface area contributed by atoms with E-state index in [4.69, 9.17) is 14.2 Å². The molecule has 4 aliphatic heterocycles. The fourth-order valence-electron chi connectivity index (χ4n) is 6.19. The van der Waals surface area contributed by atoms with Gasteiger partial charge in [-0.15, -0.1) is 0 Å². The zero-order valence-corrected chi connectivity index (χ0v) is 20.3. The highest BCUT2D eigenvalue weighted by Gasteiger charge is 2.46. The van der Waals surface area contributed by atoms with Gasteiger partial charge in [0.05, 0.1) is 29.0 Å². The van der Waals surface area contributed by atoms with Crippen LogP contribution in [0.4, 0.5) is 0 Å². The molecule has 4 heterocycles. The van der Waals surface area contributed by atoms with E-state index in [1.54, 1.807) is 13.2 Å². The maximum atomic E-state index is 11.8. The molecule has 0 unspecified atom stereocenters. The number of hydrogen-bond donors (Lipinski definition) is 1. The summed E-state index contributed by atoms with van der Waals surface area (Å²) in [7, 11) is 1.79. The topological polar surface area (TPSA) is 88.5 Å². The highest BCUT2D eigenvalue weighted by molar-refractivity contribution is 5.94. The van der Waals surface area contributed by atoms with Crippen molar-refractivity contribution < 1.29 is 28.9 Å². The van der Waals surface area contributed by atoms with Crippen LogP contribution in [0.2, 0.25) is 0 Å². The lowest BCUT2D eigenvalue weighted by atomic mass is 9.69. The third-order valence-corrected chi connectivity index (χ3v) is 8.54. The van der Waals surface area contributed by atoms with Crippen molar-refractivity contribution in [2.24, 2.45) is 5.41 Å². The maximum absolute atomic E-state index is 11.8. The van der Waals surface area contributed by atoms with Gasteiger partial charge in [0.1, 0.15) is 13.2 Å². The third kappa shape index (κ3) is 3.91. The fraction of sp³-hybridized carbons (Fsp3) is 0.615. The van der Waals surface area contributed by atoms with Gasteiger partial charge in [0.25, 0.3) is 0 Å². The molecule has 34 heavy (non-hydrogen) atoms. The summed E-state index contributed by atoms with van der Waals surface area (Å²) in [5, 5.41) is 11.0. The number of likely N-dealkylation sites (tertiary alicyclic amines) is 2. The molecule has 4 aliphatic rings. The average Bonchev–Trinajstić information content (AvgIpc) is 3.38. The zero-order chi connectivity index (χ0) is 24.0. The Morgan fingerprint density at radius 2 is 1.79 bits per heavy atom. The number of ether oxygens (including phenoxy) is 3. The molecule has 2 saturated heterocycles. The van der Waals surface area contributed by atoms with Crippen LogP contribution in [0.3, 0.4) is 0 Å². The van der Waals surface area contributed by atoms with Crippen molar-refractivity contribution in [2.45, 2.75) is 51.9 Å². The largest absolute Gasteiger partial charge is 0.457 e. The Labute approximate surface area is 200 Å². The summed E-state index contributed by atoms with van der Waals surface area (Å²) in [5.74, 6) is -0.494. The van der Waals surface area contributed by atoms with Gasteiger partial charge >= 0.3 is 11.9 Å². The molecule has 1 spiro atoms. The summed E-state index contributed by atoms with van der Waals surface area (Å²) >= 11 is 0. The molecule has 0 aromatic heterocycles. The molecule has 0 bridgehead atoms. The molecule has 8 heteroatoms. The molecule has 1 N–H and O–H groups in total. The van der Waals surface area contributed by atoms with Crippen LogP contribution >= 0.6 is 0 Å². The lowest BCUT2D eigenvalue weighted by Gasteiger charge is -2.51. The van der Waals surface area contributed by atoms with Crippen LogP contribution in [0.25, 0.3) is 0 Å². The molecule has 0 aliphatic carbocycles. The first-order valence-electron chi connectivity index (χ1n) is 12.2. The number of aliphatic hydroxyl groups excluding tert-OH is 1. The molecular weight excluding hydrogens is 436 g/mol. The van der Waals surface area contributed by atoms with E-state index in [1.807, 2.05) is 19.9 Å². The van der Waals surface area contributed by atoms with Gasteiger partial charge in [0, 0.05) is 37.7 Å². The number of nitrogens with zero attached hydrogens (tertiary/aromatic N) is 2. The van der Waals surface area contributed by atoms with Gasteiger partial charge in [-0.25, -0.2) is 9.59 Å². The quantitative estimate of drug-likeness (QED) is 0.656. The van der Waals surface area contributed by atoms with Crippen molar-refractivity contribution >= 4 is 11.9 Å². The van der Waals surface area contributed by atoms with Crippen molar-refractivity contribution in [3.05, 3.63) is 45.7 Å². The lowest BCUT2D eigenvalue weighted by Crippen LogP contribution is -2.56. The number of esters is 2. The normalized spacial score (nSPS) is 25.5. The lowest BCUT2D eigenvalue weighted by molar-refractivity contribution is -0.136. The molecule has 184 valence electrons. The summed E-state index contributed by atoms with van der Waals surface area (Å²) in [6.45, 7) is 8.52. The van der Waals surface area contributed by atoms with Gasteiger partial charge in [-0.2, -0.15) is 0 Å². The van der Waals surface area contributed by atoms with Crippen molar-refractivity contribution in [3.8, 4) is 0 Å². The van der Waals surface area contributed by atoms with Crippen molar-refractivity contribution in [1.82, 2.24) is 9.80 Å². The number of aliphatic hydroxyl groups is 1. The first-order valence-corrected chi connectivity index (χ1v) is 12.2. The molecule has 0 radical (unpaired) electrons. The standard InChI is InChI=1S/C26H34N2O6/c1-16-18(4-5-19-20(16)14-33-25(19)31)22(29)12-27-9-6-26(7-10-27)8-11-28(13-23(26)32-3)21-15-34-24(30)17(21)2/h4-5,22-23,29H,6-15H2,1-3H3/t22-,23+/m0/s1. The Kier molecular flexibility index (Phi) is 6.16. The van der Waals surface area contributed by atoms with Crippen LogP contribution in [0, 0.1) is 12.3 Å².